The maximum absolute atomic E-state index is 12.1. The van der Waals surface area contributed by atoms with Gasteiger partial charge in [-0.2, -0.15) is 0 Å². The van der Waals surface area contributed by atoms with Crippen molar-refractivity contribution in [3.8, 4) is 0 Å². The number of thioether (sulfide) groups is 1. The van der Waals surface area contributed by atoms with E-state index in [2.05, 4.69) is 5.32 Å². The summed E-state index contributed by atoms with van der Waals surface area (Å²) in [6.07, 6.45) is -1.66. The van der Waals surface area contributed by atoms with Crippen molar-refractivity contribution in [2.75, 3.05) is 5.75 Å². The van der Waals surface area contributed by atoms with E-state index in [9.17, 15) is 18.4 Å². The molecule has 0 rings (SSSR count). The number of carboxylic acids is 1. The number of hydrogen-bond donors (Lipinski definition) is 2. The van der Waals surface area contributed by atoms with Gasteiger partial charge in [-0.05, 0) is 19.1 Å². The van der Waals surface area contributed by atoms with Crippen molar-refractivity contribution in [1.29, 1.82) is 0 Å². The molecule has 0 aliphatic rings. The summed E-state index contributed by atoms with van der Waals surface area (Å²) < 4.78 is 24.3. The van der Waals surface area contributed by atoms with E-state index in [1.165, 1.54) is 11.8 Å². The Bertz CT molecular complexity index is 277. The van der Waals surface area contributed by atoms with Crippen LogP contribution in [0, 0.1) is 0 Å². The zero-order valence-electron chi connectivity index (χ0n) is 10.5. The number of hydrogen-bond acceptors (Lipinski definition) is 3. The fourth-order valence-electron chi connectivity index (χ4n) is 1.17. The van der Waals surface area contributed by atoms with Crippen molar-refractivity contribution in [1.82, 2.24) is 5.32 Å². The van der Waals surface area contributed by atoms with Gasteiger partial charge in [-0.15, -0.1) is 11.8 Å². The fraction of sp³-hybridized carbons (Fsp3) is 0.818. The van der Waals surface area contributed by atoms with Gasteiger partial charge in [0.05, 0.1) is 5.25 Å². The third-order valence-corrected chi connectivity index (χ3v) is 3.50. The monoisotopic (exact) mass is 283 g/mol. The van der Waals surface area contributed by atoms with Gasteiger partial charge in [0.25, 0.3) is 0 Å². The molecule has 0 fully saturated rings. The van der Waals surface area contributed by atoms with E-state index in [0.29, 0.717) is 0 Å². The summed E-state index contributed by atoms with van der Waals surface area (Å²) in [4.78, 5) is 22.3. The van der Waals surface area contributed by atoms with Crippen molar-refractivity contribution in [3.05, 3.63) is 0 Å². The summed E-state index contributed by atoms with van der Waals surface area (Å²) in [5, 5.41) is 10.4. The van der Waals surface area contributed by atoms with Crippen LogP contribution >= 0.6 is 11.8 Å². The van der Waals surface area contributed by atoms with Gasteiger partial charge in [0.1, 0.15) is 6.04 Å². The third-order valence-electron chi connectivity index (χ3n) is 2.26. The van der Waals surface area contributed by atoms with Crippen molar-refractivity contribution in [2.24, 2.45) is 0 Å². The van der Waals surface area contributed by atoms with Crippen molar-refractivity contribution >= 4 is 23.6 Å². The Kier molecular flexibility index (Phi) is 8.70. The summed E-state index contributed by atoms with van der Waals surface area (Å²) >= 11 is 1.39. The first-order valence-corrected chi connectivity index (χ1v) is 6.86. The predicted octanol–water partition coefficient (Wildman–Crippen LogP) is 2.13. The predicted molar refractivity (Wildman–Crippen MR) is 67.0 cm³/mol. The first-order valence-electron chi connectivity index (χ1n) is 5.81. The summed E-state index contributed by atoms with van der Waals surface area (Å²) in [6, 6.07) is -1.52. The van der Waals surface area contributed by atoms with Gasteiger partial charge in [-0.25, -0.2) is 13.6 Å². The summed E-state index contributed by atoms with van der Waals surface area (Å²) in [5.41, 5.74) is 0. The van der Waals surface area contributed by atoms with Crippen molar-refractivity contribution in [3.63, 3.8) is 0 Å². The van der Waals surface area contributed by atoms with Crippen LogP contribution in [0.3, 0.4) is 0 Å². The Morgan fingerprint density at radius 1 is 1.39 bits per heavy atom. The molecule has 0 spiro atoms. The molecule has 0 aliphatic carbocycles. The van der Waals surface area contributed by atoms with Crippen LogP contribution in [0.2, 0.25) is 0 Å². The summed E-state index contributed by atoms with van der Waals surface area (Å²) in [5.74, 6) is -1.16. The van der Waals surface area contributed by atoms with E-state index < -0.39 is 36.0 Å². The number of carbonyl (C=O) groups excluding carboxylic acids is 1. The van der Waals surface area contributed by atoms with Gasteiger partial charge in [-0.3, -0.25) is 4.79 Å². The van der Waals surface area contributed by atoms with E-state index in [4.69, 9.17) is 5.11 Å². The van der Waals surface area contributed by atoms with E-state index >= 15 is 0 Å². The number of halogens is 2. The van der Waals surface area contributed by atoms with E-state index in [-0.39, 0.29) is 0 Å². The van der Waals surface area contributed by atoms with Gasteiger partial charge >= 0.3 is 5.97 Å². The highest BCUT2D eigenvalue weighted by Crippen LogP contribution is 2.13. The van der Waals surface area contributed by atoms with Crippen LogP contribution in [0.1, 0.15) is 33.1 Å². The second kappa shape index (κ2) is 9.13. The van der Waals surface area contributed by atoms with Crippen molar-refractivity contribution in [2.45, 2.75) is 50.8 Å². The van der Waals surface area contributed by atoms with Gasteiger partial charge in [-0.1, -0.05) is 13.3 Å². The number of carboxylic acid groups (broad SMARTS) is 1. The smallest absolute Gasteiger partial charge is 0.326 e. The lowest BCUT2D eigenvalue weighted by atomic mass is 10.2. The third kappa shape index (κ3) is 7.47. The zero-order chi connectivity index (χ0) is 14.1. The molecule has 7 heteroatoms. The molecule has 0 saturated heterocycles. The average Bonchev–Trinajstić information content (AvgIpc) is 2.27. The molecule has 0 bridgehead atoms. The van der Waals surface area contributed by atoms with Crippen LogP contribution < -0.4 is 5.32 Å². The van der Waals surface area contributed by atoms with E-state index in [0.717, 1.165) is 18.6 Å². The van der Waals surface area contributed by atoms with Crippen LogP contribution in [-0.2, 0) is 9.59 Å². The molecule has 2 unspecified atom stereocenters. The molecule has 1 amide bonds. The van der Waals surface area contributed by atoms with Gasteiger partial charge < -0.3 is 10.4 Å². The maximum Gasteiger partial charge on any atom is 0.326 e. The molecular formula is C11H19F2NO3S. The summed E-state index contributed by atoms with van der Waals surface area (Å²) in [7, 11) is 0. The molecule has 0 aromatic carbocycles. The van der Waals surface area contributed by atoms with Crippen LogP contribution in [0.25, 0.3) is 0 Å². The minimum atomic E-state index is -2.76. The molecule has 0 saturated carbocycles. The fourth-order valence-corrected chi connectivity index (χ4v) is 2.20. The van der Waals surface area contributed by atoms with Crippen molar-refractivity contribution < 1.29 is 23.5 Å². The number of unbranched alkanes of at least 4 members (excludes halogenated alkanes) is 1. The summed E-state index contributed by atoms with van der Waals surface area (Å²) in [6.45, 7) is 3.66. The molecule has 0 aliphatic heterocycles. The molecule has 0 heterocycles. The largest absolute Gasteiger partial charge is 0.480 e. The lowest BCUT2D eigenvalue weighted by Crippen LogP contribution is -2.45. The SMILES string of the molecule is CCCCSC(C)C(=O)NC(CC(F)F)C(=O)O. The van der Waals surface area contributed by atoms with E-state index in [1.807, 2.05) is 6.92 Å². The van der Waals surface area contributed by atoms with E-state index in [1.54, 1.807) is 6.92 Å². The van der Waals surface area contributed by atoms with Gasteiger partial charge in [0.2, 0.25) is 12.3 Å². The highest BCUT2D eigenvalue weighted by atomic mass is 32.2. The Hall–Kier alpha value is -0.850. The van der Waals surface area contributed by atoms with Crippen LogP contribution in [0.5, 0.6) is 0 Å². The first-order chi connectivity index (χ1) is 8.38. The molecule has 0 aromatic heterocycles. The minimum Gasteiger partial charge on any atom is -0.480 e. The highest BCUT2D eigenvalue weighted by molar-refractivity contribution is 8.00. The minimum absolute atomic E-state index is 0.434. The first kappa shape index (κ1) is 17.2. The molecule has 0 radical (unpaired) electrons. The standard InChI is InChI=1S/C11H19F2NO3S/c1-3-4-5-18-7(2)10(15)14-8(11(16)17)6-9(12)13/h7-9H,3-6H2,1-2H3,(H,14,15)(H,16,17). The number of alkyl halides is 2. The molecule has 4 nitrogen and oxygen atoms in total. The van der Waals surface area contributed by atoms with Crippen LogP contribution in [0.4, 0.5) is 8.78 Å². The molecule has 0 aromatic rings. The second-order valence-corrected chi connectivity index (χ2v) is 5.34. The molecule has 106 valence electrons. The average molecular weight is 283 g/mol. The molecule has 18 heavy (non-hydrogen) atoms. The molecular weight excluding hydrogens is 264 g/mol. The zero-order valence-corrected chi connectivity index (χ0v) is 11.3. The number of nitrogens with one attached hydrogen (secondary N) is 1. The van der Waals surface area contributed by atoms with Crippen LogP contribution in [-0.4, -0.2) is 40.5 Å². The second-order valence-electron chi connectivity index (χ2n) is 3.89. The number of amides is 1. The Labute approximate surface area is 110 Å². The van der Waals surface area contributed by atoms with Gasteiger partial charge in [0, 0.05) is 6.42 Å². The maximum atomic E-state index is 12.1. The van der Waals surface area contributed by atoms with Gasteiger partial charge in [0.15, 0.2) is 0 Å². The number of aliphatic carboxylic acids is 1. The Morgan fingerprint density at radius 3 is 2.44 bits per heavy atom. The number of rotatable bonds is 9. The normalized spacial score (nSPS) is 14.3. The lowest BCUT2D eigenvalue weighted by Gasteiger charge is -2.17. The Morgan fingerprint density at radius 2 is 2.00 bits per heavy atom. The highest BCUT2D eigenvalue weighted by Gasteiger charge is 2.26. The Balaban J connectivity index is 4.19. The topological polar surface area (TPSA) is 66.4 Å². The lowest BCUT2D eigenvalue weighted by molar-refractivity contribution is -0.142. The molecule has 2 N–H and O–H groups in total. The van der Waals surface area contributed by atoms with Crippen LogP contribution in [0.15, 0.2) is 0 Å². The number of carbonyl (C=O) groups is 2. The quantitative estimate of drug-likeness (QED) is 0.636. The molecule has 2 atom stereocenters.